The van der Waals surface area contributed by atoms with E-state index in [2.05, 4.69) is 0 Å². The first-order valence-corrected chi connectivity index (χ1v) is 9.10. The molecule has 1 atom stereocenters. The molecule has 0 aliphatic carbocycles. The topological polar surface area (TPSA) is 55.8 Å². The monoisotopic (exact) mass is 300 g/mol. The summed E-state index contributed by atoms with van der Waals surface area (Å²) in [5.74, 6) is 0. The van der Waals surface area contributed by atoms with E-state index in [-0.39, 0.29) is 12.2 Å². The molecule has 0 fully saturated rings. The van der Waals surface area contributed by atoms with Crippen LogP contribution in [0.25, 0.3) is 0 Å². The van der Waals surface area contributed by atoms with Crippen molar-refractivity contribution in [2.75, 3.05) is 27.7 Å². The van der Waals surface area contributed by atoms with Crippen LogP contribution in [-0.4, -0.2) is 54.9 Å². The highest BCUT2D eigenvalue weighted by atomic mass is 32.7. The molecule has 0 aliphatic rings. The molecule has 0 aromatic carbocycles. The Balaban J connectivity index is 4.63. The van der Waals surface area contributed by atoms with E-state index < -0.39 is 12.2 Å². The maximum Gasteiger partial charge on any atom is 0.392 e. The van der Waals surface area contributed by atoms with Crippen molar-refractivity contribution in [3.05, 3.63) is 0 Å². The Morgan fingerprint density at radius 1 is 1.11 bits per heavy atom. The lowest BCUT2D eigenvalue weighted by atomic mass is 10.5. The Morgan fingerprint density at radius 3 is 1.78 bits per heavy atom. The molecule has 0 aromatic heterocycles. The number of quaternary nitrogens is 1. The third kappa shape index (κ3) is 9.36. The molecule has 0 radical (unpaired) electrons. The molecule has 5 nitrogen and oxygen atoms in total. The lowest BCUT2D eigenvalue weighted by molar-refractivity contribution is -0.871. The van der Waals surface area contributed by atoms with Crippen LogP contribution >= 0.6 is 18.2 Å². The quantitative estimate of drug-likeness (QED) is 0.424. The standard InChI is InChI=1S/C11H27NO4PS/c1-9(2)15-17(14,16-10(3)4)18-11(13)8-12(5,6)7/h9-11,13H,8H2,1-7H3/q+1. The van der Waals surface area contributed by atoms with Gasteiger partial charge in [-0.25, -0.2) is 4.57 Å². The van der Waals surface area contributed by atoms with Crippen LogP contribution in [0.4, 0.5) is 0 Å². The highest BCUT2D eigenvalue weighted by Gasteiger charge is 2.34. The number of hydrogen-bond donors (Lipinski definition) is 1. The summed E-state index contributed by atoms with van der Waals surface area (Å²) in [5, 5.41) is 9.96. The van der Waals surface area contributed by atoms with Gasteiger partial charge in [-0.3, -0.25) is 9.05 Å². The minimum atomic E-state index is -3.32. The minimum Gasteiger partial charge on any atom is -0.376 e. The summed E-state index contributed by atoms with van der Waals surface area (Å²) < 4.78 is 23.8. The molecule has 1 unspecified atom stereocenters. The molecule has 7 heteroatoms. The Bertz CT molecular complexity index is 277. The molecular formula is C11H27NO4PS+. The SMILES string of the molecule is CC(C)OP(=O)(OC(C)C)SC(O)C[N+](C)(C)C. The first-order valence-electron chi connectivity index (χ1n) is 6.07. The highest BCUT2D eigenvalue weighted by Crippen LogP contribution is 2.63. The van der Waals surface area contributed by atoms with Crippen molar-refractivity contribution in [2.45, 2.75) is 45.3 Å². The molecule has 0 amide bonds. The summed E-state index contributed by atoms with van der Waals surface area (Å²) in [6.07, 6.45) is -0.420. The normalized spacial score (nSPS) is 15.4. The summed E-state index contributed by atoms with van der Waals surface area (Å²) in [5.41, 5.74) is -0.784. The summed E-state index contributed by atoms with van der Waals surface area (Å²) in [6.45, 7) is 4.33. The van der Waals surface area contributed by atoms with E-state index in [1.165, 1.54) is 0 Å². The second-order valence-electron chi connectivity index (χ2n) is 5.79. The Labute approximate surface area is 115 Å². The van der Waals surface area contributed by atoms with Gasteiger partial charge in [0.25, 0.3) is 0 Å². The van der Waals surface area contributed by atoms with Gasteiger partial charge in [0.15, 0.2) is 5.44 Å². The lowest BCUT2D eigenvalue weighted by Crippen LogP contribution is -2.40. The van der Waals surface area contributed by atoms with Gasteiger partial charge in [-0.05, 0) is 39.1 Å². The average Bonchev–Trinajstić information content (AvgIpc) is 1.92. The zero-order valence-corrected chi connectivity index (χ0v) is 14.1. The second kappa shape index (κ2) is 7.27. The molecule has 0 saturated carbocycles. The van der Waals surface area contributed by atoms with Crippen molar-refractivity contribution in [2.24, 2.45) is 0 Å². The van der Waals surface area contributed by atoms with Crippen molar-refractivity contribution in [3.63, 3.8) is 0 Å². The van der Waals surface area contributed by atoms with Gasteiger partial charge in [0.1, 0.15) is 6.54 Å². The molecule has 0 aromatic rings. The smallest absolute Gasteiger partial charge is 0.376 e. The third-order valence-corrected chi connectivity index (χ3v) is 5.67. The lowest BCUT2D eigenvalue weighted by Gasteiger charge is -2.28. The zero-order chi connectivity index (χ0) is 14.6. The van der Waals surface area contributed by atoms with Crippen LogP contribution in [0.15, 0.2) is 0 Å². The molecule has 0 aliphatic heterocycles. The van der Waals surface area contributed by atoms with Crippen LogP contribution in [0.1, 0.15) is 27.7 Å². The first kappa shape index (κ1) is 18.4. The second-order valence-corrected chi connectivity index (χ2v) is 9.83. The van der Waals surface area contributed by atoms with Crippen molar-refractivity contribution in [1.82, 2.24) is 0 Å². The largest absolute Gasteiger partial charge is 0.392 e. The van der Waals surface area contributed by atoms with Gasteiger partial charge in [0.05, 0.1) is 33.4 Å². The molecular weight excluding hydrogens is 273 g/mol. The maximum atomic E-state index is 12.5. The fourth-order valence-electron chi connectivity index (χ4n) is 1.24. The van der Waals surface area contributed by atoms with Crippen molar-refractivity contribution < 1.29 is 23.2 Å². The molecule has 110 valence electrons. The van der Waals surface area contributed by atoms with Crippen molar-refractivity contribution in [3.8, 4) is 0 Å². The van der Waals surface area contributed by atoms with Crippen LogP contribution in [0.2, 0.25) is 0 Å². The van der Waals surface area contributed by atoms with Gasteiger partial charge in [-0.2, -0.15) is 0 Å². The number of aliphatic hydroxyl groups is 1. The van der Waals surface area contributed by atoms with E-state index in [1.54, 1.807) is 27.7 Å². The summed E-state index contributed by atoms with van der Waals surface area (Å²) in [7, 11) is 5.88. The number of nitrogens with zero attached hydrogens (tertiary/aromatic N) is 1. The third-order valence-electron chi connectivity index (χ3n) is 1.63. The number of rotatable bonds is 8. The van der Waals surface area contributed by atoms with E-state index in [0.717, 1.165) is 11.4 Å². The van der Waals surface area contributed by atoms with E-state index in [4.69, 9.17) is 9.05 Å². The Kier molecular flexibility index (Phi) is 7.44. The summed E-state index contributed by atoms with van der Waals surface area (Å²) in [4.78, 5) is 0. The van der Waals surface area contributed by atoms with Gasteiger partial charge in [-0.15, -0.1) is 0 Å². The van der Waals surface area contributed by atoms with Crippen LogP contribution < -0.4 is 0 Å². The zero-order valence-electron chi connectivity index (χ0n) is 12.4. The fraction of sp³-hybridized carbons (Fsp3) is 1.00. The average molecular weight is 300 g/mol. The number of aliphatic hydroxyl groups excluding tert-OH is 1. The van der Waals surface area contributed by atoms with E-state index in [9.17, 15) is 9.67 Å². The Hall–Kier alpha value is 0.420. The molecule has 0 heterocycles. The molecule has 0 bridgehead atoms. The highest BCUT2D eigenvalue weighted by molar-refractivity contribution is 8.55. The van der Waals surface area contributed by atoms with Gasteiger partial charge < -0.3 is 9.59 Å². The number of likely N-dealkylation sites (N-methyl/N-ethyl adjacent to an activating group) is 1. The van der Waals surface area contributed by atoms with Crippen LogP contribution in [-0.2, 0) is 13.6 Å². The molecule has 0 saturated heterocycles. The first-order chi connectivity index (χ1) is 7.93. The van der Waals surface area contributed by atoms with E-state index >= 15 is 0 Å². The van der Waals surface area contributed by atoms with E-state index in [1.807, 2.05) is 21.1 Å². The summed E-state index contributed by atoms with van der Waals surface area (Å²) >= 11 is 0.882. The van der Waals surface area contributed by atoms with Crippen LogP contribution in [0, 0.1) is 0 Å². The Morgan fingerprint density at radius 2 is 1.50 bits per heavy atom. The van der Waals surface area contributed by atoms with Gasteiger partial charge >= 0.3 is 6.80 Å². The van der Waals surface area contributed by atoms with Crippen LogP contribution in [0.3, 0.4) is 0 Å². The van der Waals surface area contributed by atoms with Crippen LogP contribution in [0.5, 0.6) is 0 Å². The van der Waals surface area contributed by atoms with Crippen molar-refractivity contribution in [1.29, 1.82) is 0 Å². The van der Waals surface area contributed by atoms with Gasteiger partial charge in [-0.1, -0.05) is 0 Å². The van der Waals surface area contributed by atoms with Gasteiger partial charge in [0, 0.05) is 0 Å². The molecule has 0 spiro atoms. The summed E-state index contributed by atoms with van der Waals surface area (Å²) in [6, 6.07) is 0. The maximum absolute atomic E-state index is 12.5. The van der Waals surface area contributed by atoms with Crippen molar-refractivity contribution >= 4 is 18.2 Å². The molecule has 18 heavy (non-hydrogen) atoms. The fourth-order valence-corrected chi connectivity index (χ4v) is 5.66. The van der Waals surface area contributed by atoms with E-state index in [0.29, 0.717) is 11.0 Å². The predicted molar refractivity (Wildman–Crippen MR) is 76.5 cm³/mol. The molecule has 1 N–H and O–H groups in total. The van der Waals surface area contributed by atoms with Gasteiger partial charge in [0.2, 0.25) is 0 Å². The minimum absolute atomic E-state index is 0.210. The predicted octanol–water partition coefficient (Wildman–Crippen LogP) is 2.70. The molecule has 0 rings (SSSR count). The number of hydrogen-bond acceptors (Lipinski definition) is 5.